The maximum Gasteiger partial charge on any atom is 0.238 e. The van der Waals surface area contributed by atoms with E-state index in [9.17, 15) is 4.79 Å². The average Bonchev–Trinajstić information content (AvgIpc) is 2.78. The molecule has 1 saturated heterocycles. The Bertz CT molecular complexity index is 253. The van der Waals surface area contributed by atoms with Crippen LogP contribution in [0, 0.1) is 0 Å². The molecule has 5 heteroatoms. The highest BCUT2D eigenvalue weighted by molar-refractivity contribution is 5.84. The summed E-state index contributed by atoms with van der Waals surface area (Å²) in [4.78, 5) is 16.0. The number of carbonyl (C=O) groups excluding carboxylic acids is 1. The number of rotatable bonds is 7. The molecule has 1 aliphatic rings. The van der Waals surface area contributed by atoms with Crippen LogP contribution in [0.4, 0.5) is 0 Å². The van der Waals surface area contributed by atoms with E-state index in [-0.39, 0.29) is 5.91 Å². The summed E-state index contributed by atoms with van der Waals surface area (Å²) < 4.78 is 0. The number of amides is 1. The molecule has 1 heterocycles. The minimum Gasteiger partial charge on any atom is -0.368 e. The first-order valence-electron chi connectivity index (χ1n) is 6.37. The van der Waals surface area contributed by atoms with Gasteiger partial charge in [-0.25, -0.2) is 0 Å². The van der Waals surface area contributed by atoms with E-state index in [0.29, 0.717) is 6.54 Å². The van der Waals surface area contributed by atoms with Gasteiger partial charge in [0.05, 0.1) is 0 Å². The van der Waals surface area contributed by atoms with Crippen molar-refractivity contribution in [2.75, 3.05) is 46.8 Å². The van der Waals surface area contributed by atoms with Gasteiger partial charge in [0.1, 0.15) is 5.54 Å². The monoisotopic (exact) mass is 242 g/mol. The van der Waals surface area contributed by atoms with Crippen molar-refractivity contribution in [1.29, 1.82) is 0 Å². The first kappa shape index (κ1) is 14.4. The molecule has 3 N–H and O–H groups in total. The molecule has 1 unspecified atom stereocenters. The van der Waals surface area contributed by atoms with Gasteiger partial charge in [0.2, 0.25) is 5.91 Å². The van der Waals surface area contributed by atoms with Crippen LogP contribution in [-0.4, -0.2) is 68.1 Å². The molecule has 0 aliphatic carbocycles. The van der Waals surface area contributed by atoms with Gasteiger partial charge in [-0.3, -0.25) is 4.79 Å². The number of likely N-dealkylation sites (N-methyl/N-ethyl adjacent to an activating group) is 2. The first-order chi connectivity index (χ1) is 7.98. The minimum atomic E-state index is -0.639. The summed E-state index contributed by atoms with van der Waals surface area (Å²) in [7, 11) is 3.81. The molecule has 0 saturated carbocycles. The van der Waals surface area contributed by atoms with Gasteiger partial charge in [-0.2, -0.15) is 0 Å². The Morgan fingerprint density at radius 3 is 2.53 bits per heavy atom. The third-order valence-corrected chi connectivity index (χ3v) is 3.68. The highest BCUT2D eigenvalue weighted by Crippen LogP contribution is 2.08. The normalized spacial score (nSPS) is 20.7. The van der Waals surface area contributed by atoms with Gasteiger partial charge in [-0.15, -0.1) is 0 Å². The lowest BCUT2D eigenvalue weighted by Crippen LogP contribution is -2.58. The van der Waals surface area contributed by atoms with Crippen LogP contribution >= 0.6 is 0 Å². The smallest absolute Gasteiger partial charge is 0.238 e. The molecule has 0 aromatic heterocycles. The molecule has 1 fully saturated rings. The predicted octanol–water partition coefficient (Wildman–Crippen LogP) is -0.523. The fourth-order valence-electron chi connectivity index (χ4n) is 2.22. The Hall–Kier alpha value is -0.650. The summed E-state index contributed by atoms with van der Waals surface area (Å²) in [6.07, 6.45) is 2.64. The summed E-state index contributed by atoms with van der Waals surface area (Å²) in [5.41, 5.74) is 4.77. The average molecular weight is 242 g/mol. The molecular formula is C12H26N4O. The number of nitrogens with two attached hydrogens (primary N) is 1. The zero-order chi connectivity index (χ0) is 12.9. The molecule has 0 aromatic rings. The van der Waals surface area contributed by atoms with Crippen molar-refractivity contribution in [3.05, 3.63) is 0 Å². The topological polar surface area (TPSA) is 61.6 Å². The SMILES string of the molecule is CNC(C)(CN(C)CCN1CCCC1)C(N)=O. The van der Waals surface area contributed by atoms with Crippen molar-refractivity contribution in [1.82, 2.24) is 15.1 Å². The van der Waals surface area contributed by atoms with E-state index in [0.717, 1.165) is 13.1 Å². The minimum absolute atomic E-state index is 0.298. The molecule has 0 radical (unpaired) electrons. The molecule has 1 atom stereocenters. The molecule has 1 aliphatic heterocycles. The number of hydrogen-bond donors (Lipinski definition) is 2. The van der Waals surface area contributed by atoms with Gasteiger partial charge < -0.3 is 20.9 Å². The van der Waals surface area contributed by atoms with Crippen LogP contribution in [0.15, 0.2) is 0 Å². The maximum absolute atomic E-state index is 11.4. The lowest BCUT2D eigenvalue weighted by molar-refractivity contribution is -0.124. The molecular weight excluding hydrogens is 216 g/mol. The van der Waals surface area contributed by atoms with Crippen LogP contribution in [0.1, 0.15) is 19.8 Å². The van der Waals surface area contributed by atoms with Crippen molar-refractivity contribution in [2.24, 2.45) is 5.73 Å². The maximum atomic E-state index is 11.4. The first-order valence-corrected chi connectivity index (χ1v) is 6.37. The van der Waals surface area contributed by atoms with E-state index in [1.54, 1.807) is 7.05 Å². The number of hydrogen-bond acceptors (Lipinski definition) is 4. The largest absolute Gasteiger partial charge is 0.368 e. The molecule has 1 rings (SSSR count). The Labute approximate surface area is 104 Å². The summed E-state index contributed by atoms with van der Waals surface area (Å²) in [5, 5.41) is 3.01. The Morgan fingerprint density at radius 1 is 1.47 bits per heavy atom. The van der Waals surface area contributed by atoms with Crippen molar-refractivity contribution < 1.29 is 4.79 Å². The summed E-state index contributed by atoms with van der Waals surface area (Å²) in [5.74, 6) is -0.298. The molecule has 17 heavy (non-hydrogen) atoms. The lowest BCUT2D eigenvalue weighted by Gasteiger charge is -2.31. The number of nitrogens with one attached hydrogen (secondary N) is 1. The van der Waals surface area contributed by atoms with E-state index in [4.69, 9.17) is 5.73 Å². The number of primary amides is 1. The predicted molar refractivity (Wildman–Crippen MR) is 69.8 cm³/mol. The van der Waals surface area contributed by atoms with Crippen LogP contribution in [0.5, 0.6) is 0 Å². The van der Waals surface area contributed by atoms with E-state index >= 15 is 0 Å². The molecule has 5 nitrogen and oxygen atoms in total. The summed E-state index contributed by atoms with van der Waals surface area (Å²) >= 11 is 0. The third kappa shape index (κ3) is 4.26. The zero-order valence-corrected chi connectivity index (χ0v) is 11.3. The molecule has 0 aromatic carbocycles. The Kier molecular flexibility index (Phi) is 5.36. The van der Waals surface area contributed by atoms with Gasteiger partial charge in [0, 0.05) is 19.6 Å². The van der Waals surface area contributed by atoms with Crippen LogP contribution in [0.2, 0.25) is 0 Å². The van der Waals surface area contributed by atoms with Gasteiger partial charge in [-0.05, 0) is 47.0 Å². The fraction of sp³-hybridized carbons (Fsp3) is 0.917. The van der Waals surface area contributed by atoms with Crippen molar-refractivity contribution in [3.8, 4) is 0 Å². The Balaban J connectivity index is 2.31. The lowest BCUT2D eigenvalue weighted by atomic mass is 10.0. The van der Waals surface area contributed by atoms with E-state index in [2.05, 4.69) is 15.1 Å². The van der Waals surface area contributed by atoms with Gasteiger partial charge in [-0.1, -0.05) is 0 Å². The van der Waals surface area contributed by atoms with Crippen molar-refractivity contribution in [2.45, 2.75) is 25.3 Å². The van der Waals surface area contributed by atoms with Crippen LogP contribution in [0.3, 0.4) is 0 Å². The number of nitrogens with zero attached hydrogens (tertiary/aromatic N) is 2. The van der Waals surface area contributed by atoms with E-state index in [1.807, 2.05) is 14.0 Å². The van der Waals surface area contributed by atoms with Gasteiger partial charge >= 0.3 is 0 Å². The Morgan fingerprint density at radius 2 is 2.06 bits per heavy atom. The highest BCUT2D eigenvalue weighted by Gasteiger charge is 2.30. The second-order valence-electron chi connectivity index (χ2n) is 5.23. The van der Waals surface area contributed by atoms with Crippen molar-refractivity contribution in [3.63, 3.8) is 0 Å². The molecule has 100 valence electrons. The standard InChI is InChI=1S/C12H26N4O/c1-12(14-2,11(13)17)10-15(3)8-9-16-6-4-5-7-16/h14H,4-10H2,1-3H3,(H2,13,17). The summed E-state index contributed by atoms with van der Waals surface area (Å²) in [6.45, 7) is 6.98. The van der Waals surface area contributed by atoms with Crippen molar-refractivity contribution >= 4 is 5.91 Å². The fourth-order valence-corrected chi connectivity index (χ4v) is 2.22. The third-order valence-electron chi connectivity index (χ3n) is 3.68. The molecule has 0 spiro atoms. The number of carbonyl (C=O) groups is 1. The van der Waals surface area contributed by atoms with Crippen LogP contribution < -0.4 is 11.1 Å². The van der Waals surface area contributed by atoms with Crippen LogP contribution in [-0.2, 0) is 4.79 Å². The zero-order valence-electron chi connectivity index (χ0n) is 11.3. The molecule has 0 bridgehead atoms. The second kappa shape index (κ2) is 6.33. The van der Waals surface area contributed by atoms with E-state index < -0.39 is 5.54 Å². The molecule has 1 amide bonds. The van der Waals surface area contributed by atoms with Gasteiger partial charge in [0.15, 0.2) is 0 Å². The van der Waals surface area contributed by atoms with Crippen LogP contribution in [0.25, 0.3) is 0 Å². The highest BCUT2D eigenvalue weighted by atomic mass is 16.1. The number of likely N-dealkylation sites (tertiary alicyclic amines) is 1. The quantitative estimate of drug-likeness (QED) is 0.630. The summed E-state index contributed by atoms with van der Waals surface area (Å²) in [6, 6.07) is 0. The van der Waals surface area contributed by atoms with Gasteiger partial charge in [0.25, 0.3) is 0 Å². The second-order valence-corrected chi connectivity index (χ2v) is 5.23. The van der Waals surface area contributed by atoms with E-state index in [1.165, 1.54) is 25.9 Å².